The van der Waals surface area contributed by atoms with Crippen LogP contribution in [0, 0.1) is 29.2 Å². The average molecular weight is 413 g/mol. The fourth-order valence-electron chi connectivity index (χ4n) is 2.95. The Labute approximate surface area is 182 Å². The molecule has 0 radical (unpaired) electrons. The van der Waals surface area contributed by atoms with Gasteiger partial charge in [-0.05, 0) is 52.0 Å². The van der Waals surface area contributed by atoms with E-state index in [1.54, 1.807) is 12.3 Å². The normalized spacial score (nSPS) is 19.3. The van der Waals surface area contributed by atoms with Crippen LogP contribution >= 0.6 is 0 Å². The molecule has 0 amide bonds. The van der Waals surface area contributed by atoms with Crippen LogP contribution in [0.1, 0.15) is 73.9 Å². The molecule has 1 fully saturated rings. The quantitative estimate of drug-likeness (QED) is 0.438. The zero-order valence-corrected chi connectivity index (χ0v) is 19.8. The van der Waals surface area contributed by atoms with Gasteiger partial charge in [0.2, 0.25) is 5.69 Å². The van der Waals surface area contributed by atoms with Gasteiger partial charge in [0, 0.05) is 18.3 Å². The number of pyridine rings is 1. The Morgan fingerprint density at radius 1 is 1.07 bits per heavy atom. The largest absolute Gasteiger partial charge is 0.500 e. The van der Waals surface area contributed by atoms with Crippen molar-refractivity contribution in [2.24, 2.45) is 10.8 Å². The minimum Gasteiger partial charge on any atom is -0.500 e. The molecule has 2 rings (SSSR count). The van der Waals surface area contributed by atoms with Gasteiger partial charge in [-0.3, -0.25) is 0 Å². The maximum atomic E-state index is 7.49. The highest BCUT2D eigenvalue weighted by atomic mass is 16.5. The lowest BCUT2D eigenvalue weighted by molar-refractivity contribution is -0.126. The topological polar surface area (TPSA) is 44.9 Å². The molecule has 1 aromatic heterocycles. The zero-order chi connectivity index (χ0) is 22.6. The van der Waals surface area contributed by atoms with E-state index in [2.05, 4.69) is 63.2 Å². The first-order valence-corrected chi connectivity index (χ1v) is 10.6. The van der Waals surface area contributed by atoms with Crippen molar-refractivity contribution >= 4 is 5.69 Å². The number of hydrogen-bond acceptors (Lipinski definition) is 4. The van der Waals surface area contributed by atoms with E-state index in [1.807, 2.05) is 13.8 Å². The predicted octanol–water partition coefficient (Wildman–Crippen LogP) is 5.80. The lowest BCUT2D eigenvalue weighted by Crippen LogP contribution is -2.43. The zero-order valence-electron chi connectivity index (χ0n) is 19.8. The molecule has 164 valence electrons. The standard InChI is InChI=1S/C25H36N2O3/c1-23(2,3)16-28-17-25(7,8)11-10-18-12-21(26-9)22(15-27-18)29-19-13-20(14-19)30-24(4,5)6/h12,15,19-20H,13-14,16-17H2,1-8H3. The van der Waals surface area contributed by atoms with Crippen molar-refractivity contribution in [3.8, 4) is 17.6 Å². The highest BCUT2D eigenvalue weighted by molar-refractivity contribution is 5.59. The molecule has 1 heterocycles. The molecule has 0 spiro atoms. The van der Waals surface area contributed by atoms with Gasteiger partial charge < -0.3 is 14.2 Å². The van der Waals surface area contributed by atoms with Crippen molar-refractivity contribution in [2.45, 2.75) is 86.0 Å². The van der Waals surface area contributed by atoms with Gasteiger partial charge >= 0.3 is 0 Å². The molecule has 0 unspecified atom stereocenters. The van der Waals surface area contributed by atoms with Crippen LogP contribution in [0.25, 0.3) is 4.85 Å². The molecule has 1 aliphatic carbocycles. The third kappa shape index (κ3) is 8.34. The second-order valence-electron chi connectivity index (χ2n) is 10.9. The van der Waals surface area contributed by atoms with E-state index in [9.17, 15) is 0 Å². The summed E-state index contributed by atoms with van der Waals surface area (Å²) >= 11 is 0. The van der Waals surface area contributed by atoms with E-state index < -0.39 is 0 Å². The maximum absolute atomic E-state index is 7.49. The van der Waals surface area contributed by atoms with Gasteiger partial charge in [0.05, 0.1) is 37.7 Å². The van der Waals surface area contributed by atoms with Crippen LogP contribution in [0.15, 0.2) is 12.3 Å². The highest BCUT2D eigenvalue weighted by Crippen LogP contribution is 2.35. The van der Waals surface area contributed by atoms with Gasteiger partial charge in [0.15, 0.2) is 0 Å². The van der Waals surface area contributed by atoms with Gasteiger partial charge in [-0.15, -0.1) is 0 Å². The lowest BCUT2D eigenvalue weighted by atomic mass is 9.91. The van der Waals surface area contributed by atoms with Crippen LogP contribution in [0.3, 0.4) is 0 Å². The summed E-state index contributed by atoms with van der Waals surface area (Å²) in [5.41, 5.74) is 0.695. The molecule has 0 saturated heterocycles. The molecule has 1 aromatic rings. The first-order valence-electron chi connectivity index (χ1n) is 10.6. The van der Waals surface area contributed by atoms with E-state index in [0.717, 1.165) is 12.8 Å². The highest BCUT2D eigenvalue weighted by Gasteiger charge is 2.34. The molecule has 0 atom stereocenters. The Bertz CT molecular complexity index is 823. The smallest absolute Gasteiger partial charge is 0.232 e. The van der Waals surface area contributed by atoms with Gasteiger partial charge in [-0.2, -0.15) is 0 Å². The molecule has 1 aliphatic rings. The number of nitrogens with zero attached hydrogens (tertiary/aromatic N) is 2. The third-order valence-electron chi connectivity index (χ3n) is 4.36. The second-order valence-corrected chi connectivity index (χ2v) is 10.9. The van der Waals surface area contributed by atoms with Crippen LogP contribution in [-0.4, -0.2) is 36.0 Å². The van der Waals surface area contributed by atoms with Crippen molar-refractivity contribution in [1.29, 1.82) is 0 Å². The maximum Gasteiger partial charge on any atom is 0.232 e. The van der Waals surface area contributed by atoms with Gasteiger partial charge in [-0.1, -0.05) is 26.7 Å². The van der Waals surface area contributed by atoms with Crippen molar-refractivity contribution in [3.05, 3.63) is 29.4 Å². The molecule has 30 heavy (non-hydrogen) atoms. The first kappa shape index (κ1) is 24.2. The van der Waals surface area contributed by atoms with Crippen LogP contribution in [0.4, 0.5) is 5.69 Å². The Hall–Kier alpha value is -2.08. The minimum absolute atomic E-state index is 0.0653. The summed E-state index contributed by atoms with van der Waals surface area (Å²) in [6, 6.07) is 1.70. The van der Waals surface area contributed by atoms with Crippen molar-refractivity contribution < 1.29 is 14.2 Å². The molecule has 0 aromatic carbocycles. The van der Waals surface area contributed by atoms with E-state index in [4.69, 9.17) is 20.8 Å². The fraction of sp³-hybridized carbons (Fsp3) is 0.680. The van der Waals surface area contributed by atoms with Crippen molar-refractivity contribution in [3.63, 3.8) is 0 Å². The van der Waals surface area contributed by atoms with E-state index in [-0.39, 0.29) is 28.6 Å². The predicted molar refractivity (Wildman–Crippen MR) is 120 cm³/mol. The second kappa shape index (κ2) is 9.38. The van der Waals surface area contributed by atoms with E-state index >= 15 is 0 Å². The molecule has 0 bridgehead atoms. The Kier molecular flexibility index (Phi) is 7.56. The van der Waals surface area contributed by atoms with E-state index in [1.165, 1.54) is 0 Å². The average Bonchev–Trinajstić information content (AvgIpc) is 2.56. The fourth-order valence-corrected chi connectivity index (χ4v) is 2.95. The van der Waals surface area contributed by atoms with Gasteiger partial charge in [0.1, 0.15) is 17.5 Å². The first-order chi connectivity index (χ1) is 13.8. The SMILES string of the molecule is [C-]#[N+]c1cc(C#CC(C)(C)COCC(C)(C)C)ncc1OC1CC(OC(C)(C)C)C1. The molecule has 0 N–H and O–H groups in total. The van der Waals surface area contributed by atoms with Crippen LogP contribution in [-0.2, 0) is 9.47 Å². The summed E-state index contributed by atoms with van der Waals surface area (Å²) in [5.74, 6) is 6.83. The summed E-state index contributed by atoms with van der Waals surface area (Å²) in [5, 5.41) is 0. The summed E-state index contributed by atoms with van der Waals surface area (Å²) in [6.45, 7) is 25.4. The number of hydrogen-bond donors (Lipinski definition) is 0. The van der Waals surface area contributed by atoms with Crippen molar-refractivity contribution in [2.75, 3.05) is 13.2 Å². The number of aromatic nitrogens is 1. The van der Waals surface area contributed by atoms with Crippen molar-refractivity contribution in [1.82, 2.24) is 4.98 Å². The summed E-state index contributed by atoms with van der Waals surface area (Å²) in [7, 11) is 0. The van der Waals surface area contributed by atoms with E-state index in [0.29, 0.717) is 30.3 Å². The van der Waals surface area contributed by atoms with Crippen LogP contribution in [0.5, 0.6) is 5.75 Å². The summed E-state index contributed by atoms with van der Waals surface area (Å²) in [6.07, 6.45) is 3.55. The van der Waals surface area contributed by atoms with Gasteiger partial charge in [0.25, 0.3) is 0 Å². The molecular formula is C25H36N2O3. The molecule has 5 heteroatoms. The molecule has 1 saturated carbocycles. The summed E-state index contributed by atoms with van der Waals surface area (Å²) < 4.78 is 17.7. The minimum atomic E-state index is -0.297. The van der Waals surface area contributed by atoms with Crippen LogP contribution < -0.4 is 4.74 Å². The number of ether oxygens (including phenoxy) is 3. The molecular weight excluding hydrogens is 376 g/mol. The van der Waals surface area contributed by atoms with Gasteiger partial charge in [-0.25, -0.2) is 9.83 Å². The Morgan fingerprint density at radius 2 is 1.73 bits per heavy atom. The van der Waals surface area contributed by atoms with Crippen LogP contribution in [0.2, 0.25) is 0 Å². The Balaban J connectivity index is 1.95. The molecule has 5 nitrogen and oxygen atoms in total. The number of rotatable bonds is 6. The Morgan fingerprint density at radius 3 is 2.30 bits per heavy atom. The molecule has 0 aliphatic heterocycles. The third-order valence-corrected chi connectivity index (χ3v) is 4.36. The lowest BCUT2D eigenvalue weighted by Gasteiger charge is -2.39. The summed E-state index contributed by atoms with van der Waals surface area (Å²) in [4.78, 5) is 7.99. The monoisotopic (exact) mass is 412 g/mol.